The predicted molar refractivity (Wildman–Crippen MR) is 88.8 cm³/mol. The highest BCUT2D eigenvalue weighted by Gasteiger charge is 2.03. The van der Waals surface area contributed by atoms with Crippen molar-refractivity contribution in [1.82, 2.24) is 0 Å². The lowest BCUT2D eigenvalue weighted by atomic mass is 10.2. The van der Waals surface area contributed by atoms with Gasteiger partial charge in [0, 0.05) is 27.3 Å². The topological polar surface area (TPSA) is 38.0 Å². The van der Waals surface area contributed by atoms with Crippen LogP contribution in [0, 0.1) is 0 Å². The van der Waals surface area contributed by atoms with Crippen molar-refractivity contribution >= 4 is 50.4 Å². The summed E-state index contributed by atoms with van der Waals surface area (Å²) < 4.78 is 0.937. The van der Waals surface area contributed by atoms with Gasteiger partial charge in [0.15, 0.2) is 0 Å². The Morgan fingerprint density at radius 2 is 1.89 bits per heavy atom. The molecule has 2 aromatic carbocycles. The molecular formula is C14H12BrClN2S. The molecule has 2 rings (SSSR count). The monoisotopic (exact) mass is 354 g/mol. The molecule has 2 aromatic rings. The van der Waals surface area contributed by atoms with Crippen LogP contribution in [0.15, 0.2) is 46.9 Å². The number of hydrogen-bond donors (Lipinski definition) is 2. The molecule has 0 saturated carbocycles. The number of hydrogen-bond acceptors (Lipinski definition) is 2. The van der Waals surface area contributed by atoms with Gasteiger partial charge in [-0.05, 0) is 51.8 Å². The quantitative estimate of drug-likeness (QED) is 0.801. The minimum atomic E-state index is 0.393. The molecule has 5 heteroatoms. The van der Waals surface area contributed by atoms with Gasteiger partial charge in [-0.15, -0.1) is 0 Å². The number of rotatable bonds is 4. The van der Waals surface area contributed by atoms with E-state index in [9.17, 15) is 0 Å². The maximum Gasteiger partial charge on any atom is 0.104 e. The first kappa shape index (κ1) is 14.3. The van der Waals surface area contributed by atoms with Gasteiger partial charge in [-0.25, -0.2) is 0 Å². The third-order valence-corrected chi connectivity index (χ3v) is 3.79. The second kappa shape index (κ2) is 6.37. The van der Waals surface area contributed by atoms with Crippen LogP contribution >= 0.6 is 39.7 Å². The van der Waals surface area contributed by atoms with E-state index in [0.29, 0.717) is 4.99 Å². The van der Waals surface area contributed by atoms with Crippen LogP contribution in [0.1, 0.15) is 11.1 Å². The largest absolute Gasteiger partial charge is 0.389 e. The first-order valence-corrected chi connectivity index (χ1v) is 7.22. The Balaban J connectivity index is 2.07. The van der Waals surface area contributed by atoms with E-state index in [4.69, 9.17) is 29.6 Å². The van der Waals surface area contributed by atoms with Crippen molar-refractivity contribution in [3.05, 3.63) is 63.1 Å². The van der Waals surface area contributed by atoms with E-state index >= 15 is 0 Å². The molecule has 0 unspecified atom stereocenters. The summed E-state index contributed by atoms with van der Waals surface area (Å²) in [7, 11) is 0. The SMILES string of the molecule is NC(=S)c1ccc(NCc2ccc(Cl)cc2)c(Br)c1. The van der Waals surface area contributed by atoms with Crippen LogP contribution in [0.4, 0.5) is 5.69 Å². The fraction of sp³-hybridized carbons (Fsp3) is 0.0714. The third-order valence-electron chi connectivity index (χ3n) is 2.65. The van der Waals surface area contributed by atoms with Crippen LogP contribution in [0.5, 0.6) is 0 Å². The average molecular weight is 356 g/mol. The van der Waals surface area contributed by atoms with Crippen molar-refractivity contribution in [2.24, 2.45) is 5.73 Å². The first-order valence-electron chi connectivity index (χ1n) is 5.64. The standard InChI is InChI=1S/C14H12BrClN2S/c15-12-7-10(14(17)19)3-6-13(12)18-8-9-1-4-11(16)5-2-9/h1-7,18H,8H2,(H2,17,19). The molecule has 0 fully saturated rings. The Hall–Kier alpha value is -1.10. The second-order valence-corrected chi connectivity index (χ2v) is 5.77. The fourth-order valence-electron chi connectivity index (χ4n) is 1.61. The summed E-state index contributed by atoms with van der Waals surface area (Å²) in [5, 5.41) is 4.08. The first-order chi connectivity index (χ1) is 9.06. The van der Waals surface area contributed by atoms with E-state index in [2.05, 4.69) is 21.2 Å². The van der Waals surface area contributed by atoms with E-state index in [1.54, 1.807) is 0 Å². The lowest BCUT2D eigenvalue weighted by Crippen LogP contribution is -2.09. The van der Waals surface area contributed by atoms with Crippen molar-refractivity contribution in [2.45, 2.75) is 6.54 Å². The highest BCUT2D eigenvalue weighted by Crippen LogP contribution is 2.24. The van der Waals surface area contributed by atoms with Gasteiger partial charge in [0.05, 0.1) is 0 Å². The summed E-state index contributed by atoms with van der Waals surface area (Å²) in [6.07, 6.45) is 0. The molecule has 3 N–H and O–H groups in total. The van der Waals surface area contributed by atoms with Crippen molar-refractivity contribution in [1.29, 1.82) is 0 Å². The summed E-state index contributed by atoms with van der Waals surface area (Å²) in [4.78, 5) is 0.393. The van der Waals surface area contributed by atoms with Crippen molar-refractivity contribution < 1.29 is 0 Å². The maximum absolute atomic E-state index is 5.85. The van der Waals surface area contributed by atoms with Crippen LogP contribution in [0.3, 0.4) is 0 Å². The van der Waals surface area contributed by atoms with Crippen LogP contribution < -0.4 is 11.1 Å². The molecule has 0 atom stereocenters. The Morgan fingerprint density at radius 1 is 1.21 bits per heavy atom. The number of nitrogens with two attached hydrogens (primary N) is 1. The Kier molecular flexibility index (Phi) is 4.80. The predicted octanol–water partition coefficient (Wildman–Crippen LogP) is 4.35. The van der Waals surface area contributed by atoms with Gasteiger partial charge in [0.2, 0.25) is 0 Å². The summed E-state index contributed by atoms with van der Waals surface area (Å²) in [5.41, 5.74) is 8.59. The molecular weight excluding hydrogens is 344 g/mol. The lowest BCUT2D eigenvalue weighted by Gasteiger charge is -2.10. The Labute approximate surface area is 131 Å². The summed E-state index contributed by atoms with van der Waals surface area (Å²) in [5.74, 6) is 0. The van der Waals surface area contributed by atoms with Gasteiger partial charge in [-0.2, -0.15) is 0 Å². The molecule has 0 bridgehead atoms. The van der Waals surface area contributed by atoms with Crippen LogP contribution in [-0.4, -0.2) is 4.99 Å². The van der Waals surface area contributed by atoms with Crippen LogP contribution in [0.25, 0.3) is 0 Å². The van der Waals surface area contributed by atoms with Gasteiger partial charge in [0.1, 0.15) is 4.99 Å². The minimum Gasteiger partial charge on any atom is -0.389 e. The number of nitrogens with one attached hydrogen (secondary N) is 1. The Morgan fingerprint density at radius 3 is 2.47 bits per heavy atom. The highest BCUT2D eigenvalue weighted by molar-refractivity contribution is 9.10. The van der Waals surface area contributed by atoms with Crippen molar-refractivity contribution in [2.75, 3.05) is 5.32 Å². The third kappa shape index (κ3) is 3.93. The molecule has 98 valence electrons. The number of benzene rings is 2. The van der Waals surface area contributed by atoms with E-state index in [0.717, 1.165) is 32.9 Å². The smallest absolute Gasteiger partial charge is 0.104 e. The van der Waals surface area contributed by atoms with Gasteiger partial charge in [0.25, 0.3) is 0 Å². The zero-order valence-electron chi connectivity index (χ0n) is 9.99. The van der Waals surface area contributed by atoms with Gasteiger partial charge in [-0.3, -0.25) is 0 Å². The van der Waals surface area contributed by atoms with Gasteiger partial charge in [-0.1, -0.05) is 36.0 Å². The number of anilines is 1. The molecule has 19 heavy (non-hydrogen) atoms. The van der Waals surface area contributed by atoms with Crippen molar-refractivity contribution in [3.8, 4) is 0 Å². The van der Waals surface area contributed by atoms with Crippen LogP contribution in [0.2, 0.25) is 5.02 Å². The molecule has 0 aliphatic carbocycles. The Bertz CT molecular complexity index is 599. The molecule has 0 heterocycles. The molecule has 2 nitrogen and oxygen atoms in total. The van der Waals surface area contributed by atoms with Crippen molar-refractivity contribution in [3.63, 3.8) is 0 Å². The maximum atomic E-state index is 5.85. The van der Waals surface area contributed by atoms with Gasteiger partial charge >= 0.3 is 0 Å². The van der Waals surface area contributed by atoms with E-state index < -0.39 is 0 Å². The fourth-order valence-corrected chi connectivity index (χ4v) is 2.38. The summed E-state index contributed by atoms with van der Waals surface area (Å²) in [6.45, 7) is 0.724. The molecule has 0 aliphatic heterocycles. The number of thiocarbonyl (C=S) groups is 1. The average Bonchev–Trinajstić information content (AvgIpc) is 2.39. The normalized spacial score (nSPS) is 10.2. The summed E-state index contributed by atoms with van der Waals surface area (Å²) >= 11 is 14.3. The zero-order valence-corrected chi connectivity index (χ0v) is 13.1. The highest BCUT2D eigenvalue weighted by atomic mass is 79.9. The molecule has 0 saturated heterocycles. The van der Waals surface area contributed by atoms with Crippen LogP contribution in [-0.2, 0) is 6.54 Å². The molecule has 0 amide bonds. The zero-order chi connectivity index (χ0) is 13.8. The van der Waals surface area contributed by atoms with E-state index in [1.807, 2.05) is 42.5 Å². The molecule has 0 radical (unpaired) electrons. The molecule has 0 aliphatic rings. The number of halogens is 2. The molecule has 0 aromatic heterocycles. The van der Waals surface area contributed by atoms with Gasteiger partial charge < -0.3 is 11.1 Å². The van der Waals surface area contributed by atoms with E-state index in [1.165, 1.54) is 0 Å². The second-order valence-electron chi connectivity index (χ2n) is 4.04. The minimum absolute atomic E-state index is 0.393. The van der Waals surface area contributed by atoms with E-state index in [-0.39, 0.29) is 0 Å². The summed E-state index contributed by atoms with van der Waals surface area (Å²) in [6, 6.07) is 13.5. The lowest BCUT2D eigenvalue weighted by molar-refractivity contribution is 1.15. The molecule has 0 spiro atoms.